The smallest absolute Gasteiger partial charge is 0.398 e. The third kappa shape index (κ3) is 2.98. The molecule has 1 unspecified atom stereocenters. The van der Waals surface area contributed by atoms with Crippen molar-refractivity contribution in [1.29, 1.82) is 0 Å². The number of rotatable bonds is 4. The number of carbonyl (C=O) groups is 1. The van der Waals surface area contributed by atoms with Gasteiger partial charge in [0.25, 0.3) is 0 Å². The van der Waals surface area contributed by atoms with Gasteiger partial charge in [-0.1, -0.05) is 12.2 Å². The zero-order valence-corrected chi connectivity index (χ0v) is 13.2. The zero-order chi connectivity index (χ0) is 18.2. The number of hydrogen-bond acceptors (Lipinski definition) is 6. The van der Waals surface area contributed by atoms with Crippen molar-refractivity contribution >= 4 is 40.7 Å². The van der Waals surface area contributed by atoms with E-state index in [1.54, 1.807) is 0 Å². The van der Waals surface area contributed by atoms with E-state index in [0.29, 0.717) is 9.91 Å². The first-order valence-corrected chi connectivity index (χ1v) is 7.08. The monoisotopic (exact) mass is 363 g/mol. The Labute approximate surface area is 139 Å². The minimum Gasteiger partial charge on any atom is -0.398 e. The van der Waals surface area contributed by atoms with Gasteiger partial charge in [0.1, 0.15) is 16.5 Å². The topological polar surface area (TPSA) is 87.9 Å². The quantitative estimate of drug-likeness (QED) is 0.366. The maximum atomic E-state index is 14.3. The highest BCUT2D eigenvalue weighted by atomic mass is 32.1. The number of aldehydes is 1. The first-order valence-electron chi connectivity index (χ1n) is 6.67. The first kappa shape index (κ1) is 17.9. The SMILES string of the molecule is CCN1C(C(F)(F)F)=NN(c2cc(N)c(C(N)=S)cc2F)C1C=O. The molecule has 1 aromatic carbocycles. The van der Waals surface area contributed by atoms with E-state index in [-0.39, 0.29) is 34.8 Å². The second kappa shape index (κ2) is 6.23. The van der Waals surface area contributed by atoms with E-state index in [1.165, 1.54) is 6.92 Å². The van der Waals surface area contributed by atoms with Crippen LogP contribution in [0.3, 0.4) is 0 Å². The van der Waals surface area contributed by atoms with Gasteiger partial charge in [-0.3, -0.25) is 4.79 Å². The van der Waals surface area contributed by atoms with Crippen molar-refractivity contribution < 1.29 is 22.4 Å². The van der Waals surface area contributed by atoms with Crippen LogP contribution >= 0.6 is 12.2 Å². The summed E-state index contributed by atoms with van der Waals surface area (Å²) >= 11 is 4.72. The Kier molecular flexibility index (Phi) is 4.65. The molecule has 130 valence electrons. The molecule has 0 aromatic heterocycles. The number of nitrogens with two attached hydrogens (primary N) is 2. The second-order valence-corrected chi connectivity index (χ2v) is 5.30. The molecule has 1 aromatic rings. The Balaban J connectivity index is 2.58. The number of carbonyl (C=O) groups excluding carboxylic acids is 1. The van der Waals surface area contributed by atoms with Crippen molar-refractivity contribution in [2.24, 2.45) is 10.8 Å². The zero-order valence-electron chi connectivity index (χ0n) is 12.3. The number of nitrogen functional groups attached to an aromatic ring is 1. The number of benzene rings is 1. The normalized spacial score (nSPS) is 17.9. The van der Waals surface area contributed by atoms with Gasteiger partial charge in [-0.2, -0.15) is 13.2 Å². The molecule has 11 heteroatoms. The van der Waals surface area contributed by atoms with Crippen molar-refractivity contribution in [3.63, 3.8) is 0 Å². The van der Waals surface area contributed by atoms with Crippen molar-refractivity contribution in [1.82, 2.24) is 4.90 Å². The van der Waals surface area contributed by atoms with Crippen LogP contribution in [0.2, 0.25) is 0 Å². The van der Waals surface area contributed by atoms with Crippen LogP contribution in [0.25, 0.3) is 0 Å². The average Bonchev–Trinajstić information content (AvgIpc) is 2.87. The molecule has 2 rings (SSSR count). The minimum absolute atomic E-state index is 0.0396. The van der Waals surface area contributed by atoms with Gasteiger partial charge in [-0.25, -0.2) is 9.40 Å². The van der Waals surface area contributed by atoms with E-state index in [2.05, 4.69) is 5.10 Å². The maximum absolute atomic E-state index is 14.3. The lowest BCUT2D eigenvalue weighted by molar-refractivity contribution is -0.111. The molecular formula is C13H13F4N5OS. The van der Waals surface area contributed by atoms with Gasteiger partial charge >= 0.3 is 6.18 Å². The van der Waals surface area contributed by atoms with E-state index in [9.17, 15) is 22.4 Å². The fourth-order valence-electron chi connectivity index (χ4n) is 2.33. The summed E-state index contributed by atoms with van der Waals surface area (Å²) in [7, 11) is 0. The molecule has 24 heavy (non-hydrogen) atoms. The summed E-state index contributed by atoms with van der Waals surface area (Å²) in [5, 5.41) is 4.00. The van der Waals surface area contributed by atoms with Crippen LogP contribution in [-0.2, 0) is 4.79 Å². The number of nitrogens with zero attached hydrogens (tertiary/aromatic N) is 3. The molecular weight excluding hydrogens is 350 g/mol. The third-order valence-corrected chi connectivity index (χ3v) is 3.61. The number of thiocarbonyl (C=S) groups is 1. The molecule has 0 spiro atoms. The largest absolute Gasteiger partial charge is 0.451 e. The predicted octanol–water partition coefficient (Wildman–Crippen LogP) is 1.58. The molecule has 0 amide bonds. The number of amidine groups is 1. The maximum Gasteiger partial charge on any atom is 0.451 e. The lowest BCUT2D eigenvalue weighted by atomic mass is 10.1. The van der Waals surface area contributed by atoms with E-state index < -0.39 is 24.0 Å². The van der Waals surface area contributed by atoms with Crippen molar-refractivity contribution in [2.75, 3.05) is 17.3 Å². The molecule has 0 aliphatic carbocycles. The summed E-state index contributed by atoms with van der Waals surface area (Å²) in [4.78, 5) is 11.8. The molecule has 1 aliphatic heterocycles. The fourth-order valence-corrected chi connectivity index (χ4v) is 2.50. The summed E-state index contributed by atoms with van der Waals surface area (Å²) in [5.74, 6) is -2.25. The lowest BCUT2D eigenvalue weighted by Crippen LogP contribution is -2.47. The Morgan fingerprint density at radius 1 is 1.46 bits per heavy atom. The summed E-state index contributed by atoms with van der Waals surface area (Å²) in [6, 6.07) is 1.93. The van der Waals surface area contributed by atoms with Crippen molar-refractivity contribution in [3.8, 4) is 0 Å². The van der Waals surface area contributed by atoms with E-state index in [1.807, 2.05) is 0 Å². The van der Waals surface area contributed by atoms with Gasteiger partial charge in [0, 0.05) is 17.8 Å². The highest BCUT2D eigenvalue weighted by molar-refractivity contribution is 7.80. The first-order chi connectivity index (χ1) is 11.1. The number of hydrogen-bond donors (Lipinski definition) is 2. The average molecular weight is 363 g/mol. The van der Waals surface area contributed by atoms with E-state index in [0.717, 1.165) is 12.1 Å². The molecule has 0 radical (unpaired) electrons. The molecule has 6 nitrogen and oxygen atoms in total. The van der Waals surface area contributed by atoms with Gasteiger partial charge in [-0.05, 0) is 19.1 Å². The lowest BCUT2D eigenvalue weighted by Gasteiger charge is -2.27. The Morgan fingerprint density at radius 3 is 2.54 bits per heavy atom. The highest BCUT2D eigenvalue weighted by Crippen LogP contribution is 2.34. The van der Waals surface area contributed by atoms with Gasteiger partial charge in [0.05, 0.1) is 0 Å². The molecule has 4 N–H and O–H groups in total. The molecule has 1 aliphatic rings. The Hall–Kier alpha value is -2.43. The van der Waals surface area contributed by atoms with Crippen LogP contribution in [0, 0.1) is 5.82 Å². The van der Waals surface area contributed by atoms with Gasteiger partial charge in [0.2, 0.25) is 5.84 Å². The molecule has 0 saturated heterocycles. The van der Waals surface area contributed by atoms with Crippen LogP contribution in [-0.4, -0.2) is 40.9 Å². The molecule has 1 heterocycles. The van der Waals surface area contributed by atoms with Crippen LogP contribution in [0.1, 0.15) is 12.5 Å². The fraction of sp³-hybridized carbons (Fsp3) is 0.308. The molecule has 0 bridgehead atoms. The Morgan fingerprint density at radius 2 is 2.08 bits per heavy atom. The minimum atomic E-state index is -4.80. The number of halogens is 4. The molecule has 0 fully saturated rings. The van der Waals surface area contributed by atoms with Crippen LogP contribution in [0.5, 0.6) is 0 Å². The molecule has 0 saturated carbocycles. The van der Waals surface area contributed by atoms with E-state index >= 15 is 0 Å². The standard InChI is InChI=1S/C13H13F4N5OS/c1-2-21-10(5-23)22(20-12(21)13(15,16)17)9-4-8(18)6(11(19)24)3-7(9)14/h3-5,10H,2,18H2,1H3,(H2,19,24). The number of hydrazone groups is 1. The summed E-state index contributed by atoms with van der Waals surface area (Å²) in [6.07, 6.45) is -6.01. The van der Waals surface area contributed by atoms with Crippen LogP contribution < -0.4 is 16.5 Å². The van der Waals surface area contributed by atoms with Gasteiger partial charge < -0.3 is 16.4 Å². The number of likely N-dealkylation sites (N-methyl/N-ethyl adjacent to an activating group) is 1. The number of alkyl halides is 3. The summed E-state index contributed by atoms with van der Waals surface area (Å²) in [6.45, 7) is 1.27. The van der Waals surface area contributed by atoms with Crippen molar-refractivity contribution in [3.05, 3.63) is 23.5 Å². The number of anilines is 2. The summed E-state index contributed by atoms with van der Waals surface area (Å²) < 4.78 is 53.5. The summed E-state index contributed by atoms with van der Waals surface area (Å²) in [5.41, 5.74) is 10.7. The van der Waals surface area contributed by atoms with Gasteiger partial charge in [0.15, 0.2) is 12.5 Å². The van der Waals surface area contributed by atoms with Crippen molar-refractivity contribution in [2.45, 2.75) is 19.3 Å². The third-order valence-electron chi connectivity index (χ3n) is 3.39. The van der Waals surface area contributed by atoms with Gasteiger partial charge in [-0.15, -0.1) is 5.10 Å². The highest BCUT2D eigenvalue weighted by Gasteiger charge is 2.48. The van der Waals surface area contributed by atoms with Crippen LogP contribution in [0.15, 0.2) is 17.2 Å². The van der Waals surface area contributed by atoms with Crippen LogP contribution in [0.4, 0.5) is 28.9 Å². The second-order valence-electron chi connectivity index (χ2n) is 4.86. The van der Waals surface area contributed by atoms with E-state index in [4.69, 9.17) is 23.7 Å². The Bertz CT molecular complexity index is 721. The predicted molar refractivity (Wildman–Crippen MR) is 84.9 cm³/mol. The molecule has 1 atom stereocenters.